The standard InChI is InChI=1S/C13H28N2/c1-4-7-13-8-5-6-9-15(13)12(3)11(2)10-14/h11-13H,4-10,14H2,1-3H3. The highest BCUT2D eigenvalue weighted by Crippen LogP contribution is 2.25. The van der Waals surface area contributed by atoms with Gasteiger partial charge in [-0.05, 0) is 45.2 Å². The average molecular weight is 212 g/mol. The second-order valence-corrected chi connectivity index (χ2v) is 5.13. The second kappa shape index (κ2) is 6.49. The molecule has 90 valence electrons. The van der Waals surface area contributed by atoms with E-state index in [1.807, 2.05) is 0 Å². The number of hydrogen-bond donors (Lipinski definition) is 1. The molecule has 1 aliphatic heterocycles. The fourth-order valence-electron chi connectivity index (χ4n) is 2.73. The molecule has 0 aromatic rings. The zero-order valence-corrected chi connectivity index (χ0v) is 10.7. The van der Waals surface area contributed by atoms with Gasteiger partial charge in [0.05, 0.1) is 0 Å². The number of rotatable bonds is 5. The Kier molecular flexibility index (Phi) is 5.62. The number of hydrogen-bond acceptors (Lipinski definition) is 2. The van der Waals surface area contributed by atoms with E-state index in [4.69, 9.17) is 5.73 Å². The first-order valence-corrected chi connectivity index (χ1v) is 6.66. The summed E-state index contributed by atoms with van der Waals surface area (Å²) < 4.78 is 0. The molecule has 0 amide bonds. The molecule has 1 saturated heterocycles. The van der Waals surface area contributed by atoms with Crippen LogP contribution >= 0.6 is 0 Å². The number of nitrogens with two attached hydrogens (primary N) is 1. The maximum atomic E-state index is 5.77. The Morgan fingerprint density at radius 3 is 2.67 bits per heavy atom. The van der Waals surface area contributed by atoms with E-state index in [0.29, 0.717) is 12.0 Å². The monoisotopic (exact) mass is 212 g/mol. The first-order valence-electron chi connectivity index (χ1n) is 6.66. The highest BCUT2D eigenvalue weighted by atomic mass is 15.2. The summed E-state index contributed by atoms with van der Waals surface area (Å²) in [6.45, 7) is 9.03. The largest absolute Gasteiger partial charge is 0.330 e. The highest BCUT2D eigenvalue weighted by Gasteiger charge is 2.27. The fourth-order valence-corrected chi connectivity index (χ4v) is 2.73. The van der Waals surface area contributed by atoms with Gasteiger partial charge in [-0.15, -0.1) is 0 Å². The molecular weight excluding hydrogens is 184 g/mol. The van der Waals surface area contributed by atoms with Crippen molar-refractivity contribution in [1.82, 2.24) is 4.90 Å². The zero-order valence-electron chi connectivity index (χ0n) is 10.7. The summed E-state index contributed by atoms with van der Waals surface area (Å²) in [7, 11) is 0. The van der Waals surface area contributed by atoms with Gasteiger partial charge in [-0.3, -0.25) is 4.90 Å². The van der Waals surface area contributed by atoms with Gasteiger partial charge in [0.1, 0.15) is 0 Å². The topological polar surface area (TPSA) is 29.3 Å². The lowest BCUT2D eigenvalue weighted by Gasteiger charge is -2.42. The summed E-state index contributed by atoms with van der Waals surface area (Å²) in [4.78, 5) is 2.71. The van der Waals surface area contributed by atoms with Crippen LogP contribution < -0.4 is 5.73 Å². The van der Waals surface area contributed by atoms with Crippen LogP contribution in [0, 0.1) is 5.92 Å². The lowest BCUT2D eigenvalue weighted by atomic mass is 9.92. The zero-order chi connectivity index (χ0) is 11.3. The predicted molar refractivity (Wildman–Crippen MR) is 66.9 cm³/mol. The van der Waals surface area contributed by atoms with Crippen molar-refractivity contribution in [3.05, 3.63) is 0 Å². The van der Waals surface area contributed by atoms with Gasteiger partial charge in [-0.1, -0.05) is 26.7 Å². The van der Waals surface area contributed by atoms with Crippen LogP contribution in [0.2, 0.25) is 0 Å². The third-order valence-electron chi connectivity index (χ3n) is 4.01. The molecule has 2 nitrogen and oxygen atoms in total. The molecule has 1 aliphatic rings. The van der Waals surface area contributed by atoms with E-state index in [1.165, 1.54) is 38.6 Å². The fraction of sp³-hybridized carbons (Fsp3) is 1.00. The van der Waals surface area contributed by atoms with E-state index in [-0.39, 0.29) is 0 Å². The molecule has 0 saturated carbocycles. The minimum atomic E-state index is 0.627. The summed E-state index contributed by atoms with van der Waals surface area (Å²) in [5.41, 5.74) is 5.77. The van der Waals surface area contributed by atoms with Gasteiger partial charge in [0.25, 0.3) is 0 Å². The van der Waals surface area contributed by atoms with Crippen LogP contribution in [0.25, 0.3) is 0 Å². The Morgan fingerprint density at radius 2 is 2.07 bits per heavy atom. The average Bonchev–Trinajstić information content (AvgIpc) is 2.28. The van der Waals surface area contributed by atoms with E-state index in [1.54, 1.807) is 0 Å². The van der Waals surface area contributed by atoms with E-state index < -0.39 is 0 Å². The maximum Gasteiger partial charge on any atom is 0.0107 e. The van der Waals surface area contributed by atoms with Crippen molar-refractivity contribution < 1.29 is 0 Å². The molecule has 0 radical (unpaired) electrons. The molecule has 15 heavy (non-hydrogen) atoms. The van der Waals surface area contributed by atoms with Crippen LogP contribution in [-0.2, 0) is 0 Å². The van der Waals surface area contributed by atoms with Crippen LogP contribution in [0.15, 0.2) is 0 Å². The molecular formula is C13H28N2. The molecule has 0 aliphatic carbocycles. The second-order valence-electron chi connectivity index (χ2n) is 5.13. The van der Waals surface area contributed by atoms with Gasteiger partial charge in [0.15, 0.2) is 0 Å². The lowest BCUT2D eigenvalue weighted by Crippen LogP contribution is -2.48. The third kappa shape index (κ3) is 3.46. The lowest BCUT2D eigenvalue weighted by molar-refractivity contribution is 0.0712. The van der Waals surface area contributed by atoms with Crippen molar-refractivity contribution >= 4 is 0 Å². The van der Waals surface area contributed by atoms with Gasteiger partial charge in [0.2, 0.25) is 0 Å². The summed E-state index contributed by atoms with van der Waals surface area (Å²) in [5, 5.41) is 0. The molecule has 3 unspecified atom stereocenters. The van der Waals surface area contributed by atoms with Crippen LogP contribution in [0.3, 0.4) is 0 Å². The number of nitrogens with zero attached hydrogens (tertiary/aromatic N) is 1. The normalized spacial score (nSPS) is 27.6. The summed E-state index contributed by atoms with van der Waals surface area (Å²) in [6, 6.07) is 1.49. The first kappa shape index (κ1) is 13.0. The predicted octanol–water partition coefficient (Wildman–Crippen LogP) is 2.62. The molecule has 1 heterocycles. The number of likely N-dealkylation sites (tertiary alicyclic amines) is 1. The van der Waals surface area contributed by atoms with E-state index in [9.17, 15) is 0 Å². The molecule has 1 rings (SSSR count). The van der Waals surface area contributed by atoms with Crippen molar-refractivity contribution in [1.29, 1.82) is 0 Å². The van der Waals surface area contributed by atoms with Crippen molar-refractivity contribution in [3.8, 4) is 0 Å². The van der Waals surface area contributed by atoms with E-state index in [2.05, 4.69) is 25.7 Å². The first-order chi connectivity index (χ1) is 7.20. The Hall–Kier alpha value is -0.0800. The Morgan fingerprint density at radius 1 is 1.33 bits per heavy atom. The van der Waals surface area contributed by atoms with Gasteiger partial charge in [-0.25, -0.2) is 0 Å². The molecule has 0 aromatic heterocycles. The van der Waals surface area contributed by atoms with Crippen molar-refractivity contribution in [2.45, 2.75) is 65.0 Å². The van der Waals surface area contributed by atoms with E-state index in [0.717, 1.165) is 12.6 Å². The van der Waals surface area contributed by atoms with Gasteiger partial charge < -0.3 is 5.73 Å². The quantitative estimate of drug-likeness (QED) is 0.759. The maximum absolute atomic E-state index is 5.77. The van der Waals surface area contributed by atoms with Gasteiger partial charge in [-0.2, -0.15) is 0 Å². The summed E-state index contributed by atoms with van der Waals surface area (Å²) in [6.07, 6.45) is 6.87. The van der Waals surface area contributed by atoms with E-state index >= 15 is 0 Å². The minimum absolute atomic E-state index is 0.627. The Bertz CT molecular complexity index is 166. The molecule has 0 spiro atoms. The van der Waals surface area contributed by atoms with Gasteiger partial charge in [0, 0.05) is 12.1 Å². The van der Waals surface area contributed by atoms with Crippen molar-refractivity contribution in [2.75, 3.05) is 13.1 Å². The molecule has 1 fully saturated rings. The summed E-state index contributed by atoms with van der Waals surface area (Å²) >= 11 is 0. The molecule has 0 bridgehead atoms. The highest BCUT2D eigenvalue weighted by molar-refractivity contribution is 4.83. The smallest absolute Gasteiger partial charge is 0.0107 e. The van der Waals surface area contributed by atoms with Crippen LogP contribution in [-0.4, -0.2) is 30.1 Å². The molecule has 3 atom stereocenters. The minimum Gasteiger partial charge on any atom is -0.330 e. The molecule has 2 heteroatoms. The Balaban J connectivity index is 2.54. The van der Waals surface area contributed by atoms with Crippen LogP contribution in [0.1, 0.15) is 52.9 Å². The Labute approximate surface area is 95.2 Å². The van der Waals surface area contributed by atoms with Crippen molar-refractivity contribution in [3.63, 3.8) is 0 Å². The number of piperidine rings is 1. The van der Waals surface area contributed by atoms with Gasteiger partial charge >= 0.3 is 0 Å². The van der Waals surface area contributed by atoms with Crippen LogP contribution in [0.5, 0.6) is 0 Å². The summed E-state index contributed by atoms with van der Waals surface area (Å²) in [5.74, 6) is 0.627. The van der Waals surface area contributed by atoms with Crippen LogP contribution in [0.4, 0.5) is 0 Å². The van der Waals surface area contributed by atoms with Crippen molar-refractivity contribution in [2.24, 2.45) is 11.7 Å². The SMILES string of the molecule is CCCC1CCCCN1C(C)C(C)CN. The molecule has 2 N–H and O–H groups in total. The third-order valence-corrected chi connectivity index (χ3v) is 4.01. The molecule has 0 aromatic carbocycles.